The summed E-state index contributed by atoms with van der Waals surface area (Å²) in [5.41, 5.74) is 2.73. The molecule has 30 heavy (non-hydrogen) atoms. The van der Waals surface area contributed by atoms with Gasteiger partial charge in [0.15, 0.2) is 0 Å². The maximum Gasteiger partial charge on any atom is 0.317 e. The summed E-state index contributed by atoms with van der Waals surface area (Å²) in [7, 11) is 0. The second-order valence-corrected chi connectivity index (χ2v) is 7.89. The molecule has 156 valence electrons. The summed E-state index contributed by atoms with van der Waals surface area (Å²) in [6.07, 6.45) is 0.833. The molecule has 4 rings (SSSR count). The second-order valence-electron chi connectivity index (χ2n) is 7.45. The van der Waals surface area contributed by atoms with Gasteiger partial charge in [-0.25, -0.2) is 4.79 Å². The highest BCUT2D eigenvalue weighted by molar-refractivity contribution is 6.30. The molecule has 4 amide bonds. The zero-order valence-corrected chi connectivity index (χ0v) is 17.4. The number of fused-ring (bicyclic) bond motifs is 2. The lowest BCUT2D eigenvalue weighted by Crippen LogP contribution is -2.60. The summed E-state index contributed by atoms with van der Waals surface area (Å²) in [5, 5.41) is 6.33. The number of hydrogen-bond donors (Lipinski definition) is 2. The van der Waals surface area contributed by atoms with Crippen molar-refractivity contribution in [3.05, 3.63) is 53.1 Å². The minimum absolute atomic E-state index is 0.172. The molecule has 0 radical (unpaired) electrons. The van der Waals surface area contributed by atoms with Crippen LogP contribution in [0.15, 0.2) is 42.5 Å². The van der Waals surface area contributed by atoms with Crippen LogP contribution in [0.5, 0.6) is 0 Å². The van der Waals surface area contributed by atoms with Crippen LogP contribution in [-0.4, -0.2) is 59.9 Å². The smallest absolute Gasteiger partial charge is 0.317 e. The SMILES string of the molecule is CCCNC(=O)N1CCN2C(=O)c3cc(-c4ccc(Cl)cc4)ccc3NC(=O)C2C1. The van der Waals surface area contributed by atoms with E-state index in [4.69, 9.17) is 11.6 Å². The van der Waals surface area contributed by atoms with Crippen molar-refractivity contribution in [3.63, 3.8) is 0 Å². The topological polar surface area (TPSA) is 81.8 Å². The Morgan fingerprint density at radius 1 is 1.13 bits per heavy atom. The lowest BCUT2D eigenvalue weighted by atomic mass is 10.0. The number of carbonyl (C=O) groups excluding carboxylic acids is 3. The van der Waals surface area contributed by atoms with Crippen molar-refractivity contribution in [1.29, 1.82) is 0 Å². The zero-order chi connectivity index (χ0) is 21.3. The van der Waals surface area contributed by atoms with Gasteiger partial charge in [-0.1, -0.05) is 36.7 Å². The van der Waals surface area contributed by atoms with Crippen LogP contribution < -0.4 is 10.6 Å². The van der Waals surface area contributed by atoms with E-state index in [1.807, 2.05) is 25.1 Å². The first-order valence-corrected chi connectivity index (χ1v) is 10.4. The van der Waals surface area contributed by atoms with Crippen molar-refractivity contribution in [2.45, 2.75) is 19.4 Å². The lowest BCUT2D eigenvalue weighted by molar-refractivity contribution is -0.121. The molecule has 2 aromatic carbocycles. The average Bonchev–Trinajstić information content (AvgIpc) is 2.86. The molecule has 2 aliphatic heterocycles. The van der Waals surface area contributed by atoms with Crippen molar-refractivity contribution in [3.8, 4) is 11.1 Å². The van der Waals surface area contributed by atoms with Crippen LogP contribution in [0, 0.1) is 0 Å². The maximum atomic E-state index is 13.3. The molecule has 1 atom stereocenters. The molecule has 0 saturated carbocycles. The van der Waals surface area contributed by atoms with Crippen LogP contribution >= 0.6 is 11.6 Å². The third-order valence-electron chi connectivity index (χ3n) is 5.44. The van der Waals surface area contributed by atoms with Crippen molar-refractivity contribution in [2.24, 2.45) is 0 Å². The standard InChI is InChI=1S/C22H23ClN4O3/c1-2-9-24-22(30)26-10-11-27-19(13-26)20(28)25-18-8-5-15(12-17(18)21(27)29)14-3-6-16(23)7-4-14/h3-8,12,19H,2,9-11,13H2,1H3,(H,24,30)(H,25,28). The number of piperazine rings is 1. The van der Waals surface area contributed by atoms with Gasteiger partial charge >= 0.3 is 6.03 Å². The summed E-state index contributed by atoms with van der Waals surface area (Å²) in [5.74, 6) is -0.493. The van der Waals surface area contributed by atoms with E-state index in [-0.39, 0.29) is 24.4 Å². The van der Waals surface area contributed by atoms with Gasteiger partial charge in [-0.15, -0.1) is 0 Å². The fourth-order valence-corrected chi connectivity index (χ4v) is 3.93. The van der Waals surface area contributed by atoms with E-state index in [9.17, 15) is 14.4 Å². The van der Waals surface area contributed by atoms with Gasteiger partial charge in [0.2, 0.25) is 5.91 Å². The number of rotatable bonds is 3. The molecule has 1 fully saturated rings. The van der Waals surface area contributed by atoms with E-state index in [0.717, 1.165) is 17.5 Å². The Morgan fingerprint density at radius 2 is 1.87 bits per heavy atom. The molecule has 7 nitrogen and oxygen atoms in total. The molecule has 8 heteroatoms. The number of urea groups is 1. The van der Waals surface area contributed by atoms with Crippen molar-refractivity contribution >= 4 is 35.1 Å². The molecule has 0 bridgehead atoms. The van der Waals surface area contributed by atoms with Crippen molar-refractivity contribution in [2.75, 3.05) is 31.5 Å². The first-order chi connectivity index (χ1) is 14.5. The normalized spacial score (nSPS) is 18.3. The largest absolute Gasteiger partial charge is 0.338 e. The Morgan fingerprint density at radius 3 is 2.60 bits per heavy atom. The number of amides is 4. The molecule has 0 aliphatic carbocycles. The van der Waals surface area contributed by atoms with Crippen LogP contribution in [0.25, 0.3) is 11.1 Å². The number of anilines is 1. The molecule has 0 aromatic heterocycles. The van der Waals surface area contributed by atoms with Gasteiger partial charge in [0.1, 0.15) is 6.04 Å². The van der Waals surface area contributed by atoms with Crippen LogP contribution in [0.3, 0.4) is 0 Å². The third kappa shape index (κ3) is 3.85. The average molecular weight is 427 g/mol. The molecule has 0 spiro atoms. The summed E-state index contributed by atoms with van der Waals surface area (Å²) in [6.45, 7) is 3.42. The third-order valence-corrected chi connectivity index (χ3v) is 5.69. The minimum Gasteiger partial charge on any atom is -0.338 e. The summed E-state index contributed by atoms with van der Waals surface area (Å²) in [6, 6.07) is 11.9. The zero-order valence-electron chi connectivity index (χ0n) is 16.7. The highest BCUT2D eigenvalue weighted by Crippen LogP contribution is 2.30. The predicted molar refractivity (Wildman–Crippen MR) is 116 cm³/mol. The molecule has 2 N–H and O–H groups in total. The Labute approximate surface area is 180 Å². The van der Waals surface area contributed by atoms with Gasteiger partial charge in [-0.05, 0) is 41.8 Å². The Hall–Kier alpha value is -3.06. The number of hydrogen-bond acceptors (Lipinski definition) is 3. The highest BCUT2D eigenvalue weighted by Gasteiger charge is 2.40. The monoisotopic (exact) mass is 426 g/mol. The number of nitrogens with zero attached hydrogens (tertiary/aromatic N) is 2. The minimum atomic E-state index is -0.718. The first-order valence-electron chi connectivity index (χ1n) is 10.0. The maximum absolute atomic E-state index is 13.3. The van der Waals surface area contributed by atoms with Crippen LogP contribution in [0.2, 0.25) is 5.02 Å². The quantitative estimate of drug-likeness (QED) is 0.790. The van der Waals surface area contributed by atoms with Gasteiger partial charge in [0.25, 0.3) is 5.91 Å². The van der Waals surface area contributed by atoms with Crippen LogP contribution in [-0.2, 0) is 4.79 Å². The molecular weight excluding hydrogens is 404 g/mol. The first kappa shape index (κ1) is 20.2. The Bertz CT molecular complexity index is 992. The number of benzene rings is 2. The van der Waals surface area contributed by atoms with E-state index in [1.165, 1.54) is 0 Å². The predicted octanol–water partition coefficient (Wildman–Crippen LogP) is 3.21. The van der Waals surface area contributed by atoms with Crippen molar-refractivity contribution < 1.29 is 14.4 Å². The fourth-order valence-electron chi connectivity index (χ4n) is 3.80. The number of carbonyl (C=O) groups is 3. The van der Waals surface area contributed by atoms with E-state index < -0.39 is 6.04 Å². The van der Waals surface area contributed by atoms with Crippen LogP contribution in [0.4, 0.5) is 10.5 Å². The van der Waals surface area contributed by atoms with Crippen molar-refractivity contribution in [1.82, 2.24) is 15.1 Å². The second kappa shape index (κ2) is 8.36. The van der Waals surface area contributed by atoms with Gasteiger partial charge in [0, 0.05) is 24.7 Å². The number of halogens is 1. The molecule has 2 heterocycles. The molecule has 2 aromatic rings. The Kier molecular flexibility index (Phi) is 5.63. The molecule has 2 aliphatic rings. The van der Waals surface area contributed by atoms with Gasteiger partial charge < -0.3 is 20.4 Å². The fraction of sp³-hybridized carbons (Fsp3) is 0.318. The molecule has 1 saturated heterocycles. The summed E-state index contributed by atoms with van der Waals surface area (Å²) in [4.78, 5) is 41.6. The van der Waals surface area contributed by atoms with Gasteiger partial charge in [-0.2, -0.15) is 0 Å². The van der Waals surface area contributed by atoms with E-state index in [0.29, 0.717) is 35.9 Å². The molecular formula is C22H23ClN4O3. The summed E-state index contributed by atoms with van der Waals surface area (Å²) >= 11 is 5.97. The van der Waals surface area contributed by atoms with Gasteiger partial charge in [0.05, 0.1) is 17.8 Å². The number of nitrogens with one attached hydrogen (secondary N) is 2. The van der Waals surface area contributed by atoms with E-state index in [1.54, 1.807) is 34.1 Å². The molecule has 1 unspecified atom stereocenters. The van der Waals surface area contributed by atoms with E-state index >= 15 is 0 Å². The van der Waals surface area contributed by atoms with E-state index in [2.05, 4.69) is 10.6 Å². The summed E-state index contributed by atoms with van der Waals surface area (Å²) < 4.78 is 0. The van der Waals surface area contributed by atoms with Gasteiger partial charge in [-0.3, -0.25) is 9.59 Å². The lowest BCUT2D eigenvalue weighted by Gasteiger charge is -2.39. The highest BCUT2D eigenvalue weighted by atomic mass is 35.5. The Balaban J connectivity index is 1.60. The van der Waals surface area contributed by atoms with Crippen LogP contribution in [0.1, 0.15) is 23.7 Å².